The van der Waals surface area contributed by atoms with Crippen molar-refractivity contribution < 1.29 is 153 Å². The zero-order valence-corrected chi connectivity index (χ0v) is 51.4. The number of amides is 1. The molecule has 2 bridgehead atoms. The third kappa shape index (κ3) is 14.9. The van der Waals surface area contributed by atoms with Gasteiger partial charge in [0.05, 0.1) is 55.9 Å². The van der Waals surface area contributed by atoms with Gasteiger partial charge in [-0.15, -0.1) is 0 Å². The summed E-state index contributed by atoms with van der Waals surface area (Å²) in [5, 5.41) is 40.2. The zero-order valence-electron chi connectivity index (χ0n) is 44.1. The SMILES string of the molecule is CC(=O)O[C@H]1C(=O)[C@@]2(C)[C@H]([C@H](OC(=O)c3ccccc3)[C@]3(O)C[C@H](OC(=O)[C@H](O)[C@@H](NC(=O)c4ccccc4)c4ccccc4)C(C)=C1C3(C)C)[C@]1(OC(C)=O)CO[C@@H]1C[C@@H]2O.O=S(=O)([O-])CCSSCCS(=O)(=O)[O-].[Na+].[Na+]. The number of nitrogens with one attached hydrogen (secondary N) is 1. The topological polar surface area (TPSA) is 336 Å². The van der Waals surface area contributed by atoms with Gasteiger partial charge in [0.15, 0.2) is 23.6 Å². The first-order chi connectivity index (χ1) is 35.5. The Balaban J connectivity index is 0.000000721. The number of Topliss-reactive ketones (excluding diaryl/α,β-unsaturated/α-hetero) is 1. The molecule has 11 atom stereocenters. The van der Waals surface area contributed by atoms with Crippen molar-refractivity contribution in [3.8, 4) is 0 Å². The molecule has 0 radical (unpaired) electrons. The molecule has 0 aromatic heterocycles. The maximum Gasteiger partial charge on any atom is 1.00 e. The minimum Gasteiger partial charge on any atom is -0.748 e. The van der Waals surface area contributed by atoms with Gasteiger partial charge in [-0.3, -0.25) is 19.2 Å². The number of hydrogen-bond acceptors (Lipinski definition) is 22. The van der Waals surface area contributed by atoms with E-state index in [1.807, 2.05) is 0 Å². The number of rotatable bonds is 17. The van der Waals surface area contributed by atoms with Crippen molar-refractivity contribution in [2.24, 2.45) is 16.7 Å². The van der Waals surface area contributed by atoms with E-state index < -0.39 is 144 Å². The molecule has 2 saturated carbocycles. The fraction of sp³-hybridized carbons (Fsp3) is 0.490. The quantitative estimate of drug-likeness (QED) is 0.0202. The normalized spacial score (nSPS) is 27.7. The molecule has 4 aliphatic rings. The van der Waals surface area contributed by atoms with Crippen LogP contribution in [0.25, 0.3) is 0 Å². The molecule has 4 N–H and O–H groups in total. The van der Waals surface area contributed by atoms with Crippen molar-refractivity contribution in [2.45, 2.75) is 108 Å². The van der Waals surface area contributed by atoms with Crippen molar-refractivity contribution in [1.82, 2.24) is 5.32 Å². The summed E-state index contributed by atoms with van der Waals surface area (Å²) in [5.41, 5.74) is -7.02. The van der Waals surface area contributed by atoms with Crippen molar-refractivity contribution >= 4 is 77.4 Å². The fourth-order valence-corrected chi connectivity index (χ4v) is 14.9. The van der Waals surface area contributed by atoms with Gasteiger partial charge < -0.3 is 53.4 Å². The average Bonchev–Trinajstić information content (AvgIpc) is 3.40. The van der Waals surface area contributed by atoms with E-state index >= 15 is 4.79 Å². The second-order valence-corrected chi connectivity index (χ2v) is 25.3. The fourth-order valence-electron chi connectivity index (χ4n) is 10.6. The number of ketones is 1. The molecule has 3 fully saturated rings. The van der Waals surface area contributed by atoms with E-state index in [1.165, 1.54) is 26.0 Å². The number of aliphatic hydroxyl groups is 3. The van der Waals surface area contributed by atoms with Gasteiger partial charge in [-0.2, -0.15) is 0 Å². The summed E-state index contributed by atoms with van der Waals surface area (Å²) >= 11 is 0. The minimum atomic E-state index is -4.20. The van der Waals surface area contributed by atoms with Crippen LogP contribution in [0.15, 0.2) is 102 Å². The Morgan fingerprint density at radius 3 is 1.78 bits per heavy atom. The van der Waals surface area contributed by atoms with Crippen LogP contribution in [0, 0.1) is 16.7 Å². The number of hydrogen-bond donors (Lipinski definition) is 4. The number of fused-ring (bicyclic) bond motifs is 5. The number of benzene rings is 3. The van der Waals surface area contributed by atoms with Gasteiger partial charge in [-0.05, 0) is 54.8 Å². The van der Waals surface area contributed by atoms with Gasteiger partial charge in [0.2, 0.25) is 0 Å². The molecular weight excluding hydrogens is 1120 g/mol. The van der Waals surface area contributed by atoms with Gasteiger partial charge in [0.25, 0.3) is 5.91 Å². The Labute approximate surface area is 504 Å². The van der Waals surface area contributed by atoms with Crippen LogP contribution in [0.1, 0.15) is 86.7 Å². The number of esters is 4. The summed E-state index contributed by atoms with van der Waals surface area (Å²) in [6.45, 7) is 7.97. The zero-order chi connectivity index (χ0) is 56.2. The predicted molar refractivity (Wildman–Crippen MR) is 272 cm³/mol. The van der Waals surface area contributed by atoms with Crippen LogP contribution in [0.3, 0.4) is 0 Å². The Hall–Kier alpha value is -3.22. The second kappa shape index (κ2) is 27.2. The molecule has 0 unspecified atom stereocenters. The van der Waals surface area contributed by atoms with Crippen LogP contribution < -0.4 is 64.4 Å². The molecule has 7 rings (SSSR count). The van der Waals surface area contributed by atoms with E-state index in [4.69, 9.17) is 23.7 Å². The number of ether oxygens (including phenoxy) is 5. The van der Waals surface area contributed by atoms with Gasteiger partial charge >= 0.3 is 83.0 Å². The Bertz CT molecular complexity index is 2880. The molecule has 0 spiro atoms. The molecule has 414 valence electrons. The van der Waals surface area contributed by atoms with Gasteiger partial charge in [0.1, 0.15) is 23.9 Å². The largest absolute Gasteiger partial charge is 1.00 e. The maximum atomic E-state index is 15.5. The summed E-state index contributed by atoms with van der Waals surface area (Å²) in [6.07, 6.45) is -10.5. The first-order valence-electron chi connectivity index (χ1n) is 23.8. The number of aliphatic hydroxyl groups excluding tert-OH is 2. The molecule has 1 aliphatic heterocycles. The Morgan fingerprint density at radius 2 is 1.31 bits per heavy atom. The van der Waals surface area contributed by atoms with Crippen LogP contribution in [0.5, 0.6) is 0 Å². The molecule has 3 aromatic carbocycles. The van der Waals surface area contributed by atoms with Crippen LogP contribution >= 0.6 is 21.6 Å². The summed E-state index contributed by atoms with van der Waals surface area (Å²) in [5.74, 6) is -7.64. The maximum absolute atomic E-state index is 15.5. The monoisotopic (exact) mass is 1180 g/mol. The molecule has 27 heteroatoms. The molecule has 3 aliphatic carbocycles. The first-order valence-corrected chi connectivity index (χ1v) is 29.4. The molecule has 1 heterocycles. The van der Waals surface area contributed by atoms with Crippen molar-refractivity contribution in [2.75, 3.05) is 29.6 Å². The van der Waals surface area contributed by atoms with Gasteiger partial charge in [-0.1, -0.05) is 102 Å². The van der Waals surface area contributed by atoms with E-state index in [2.05, 4.69) is 5.32 Å². The molecule has 3 aromatic rings. The minimum absolute atomic E-state index is 0. The number of carbonyl (C=O) groups excluding carboxylic acids is 6. The summed E-state index contributed by atoms with van der Waals surface area (Å²) in [7, 11) is -6.30. The van der Waals surface area contributed by atoms with Gasteiger partial charge in [0, 0.05) is 60.7 Å². The van der Waals surface area contributed by atoms with E-state index in [9.17, 15) is 65.2 Å². The predicted octanol–water partition coefficient (Wildman–Crippen LogP) is -2.80. The van der Waals surface area contributed by atoms with Crippen molar-refractivity contribution in [3.63, 3.8) is 0 Å². The first kappa shape index (κ1) is 67.3. The Morgan fingerprint density at radius 1 is 0.795 bits per heavy atom. The van der Waals surface area contributed by atoms with E-state index in [-0.39, 0.29) is 106 Å². The molecule has 78 heavy (non-hydrogen) atoms. The van der Waals surface area contributed by atoms with Crippen LogP contribution in [-0.2, 0) is 63.1 Å². The van der Waals surface area contributed by atoms with E-state index in [0.717, 1.165) is 35.4 Å². The molecule has 1 saturated heterocycles. The standard InChI is InChI=1S/C47H51NO14.C4H10O6S4.2Na/c1-25-31(60-43(56)36(52)35(28-16-10-7-11-17-28)48-41(54)29-18-12-8-13-19-29)23-47(57)40(61-42(55)30-20-14-9-15-21-30)38-45(6,32(51)22-33-46(38,24-58-33)62-27(3)50)39(53)37(59-26(2)49)34(25)44(47,4)5;5-13(6,7)3-1-11-12-2-4-14(8,9)10;;/h7-21,31-33,35-38,40,51-52,57H,22-24H2,1-6H3,(H,48,54);1-4H2,(H,5,6,7)(H,8,9,10);;/q;;2*+1/p-2/t31-,32-,33+,35-,36+,37+,38-,40-,45+,46-,47+;;;/m0.../s1. The summed E-state index contributed by atoms with van der Waals surface area (Å²) in [4.78, 5) is 83.5. The van der Waals surface area contributed by atoms with Crippen LogP contribution in [-0.4, -0.2) is 154 Å². The van der Waals surface area contributed by atoms with Crippen LogP contribution in [0.2, 0.25) is 0 Å². The summed E-state index contributed by atoms with van der Waals surface area (Å²) < 4.78 is 90.9. The summed E-state index contributed by atoms with van der Waals surface area (Å²) in [6, 6.07) is 22.9. The van der Waals surface area contributed by atoms with Gasteiger partial charge in [-0.25, -0.2) is 26.4 Å². The van der Waals surface area contributed by atoms with Crippen molar-refractivity contribution in [3.05, 3.63) is 119 Å². The third-order valence-corrected chi connectivity index (χ3v) is 18.7. The van der Waals surface area contributed by atoms with E-state index in [0.29, 0.717) is 5.56 Å². The Kier molecular flexibility index (Phi) is 23.5. The van der Waals surface area contributed by atoms with E-state index in [1.54, 1.807) is 92.7 Å². The molecule has 1 amide bonds. The average molecular weight is 1180 g/mol. The van der Waals surface area contributed by atoms with Crippen molar-refractivity contribution in [1.29, 1.82) is 0 Å². The number of carbonyl (C=O) groups is 6. The molecular formula is C51H59NNa2O20S4. The third-order valence-electron chi connectivity index (χ3n) is 14.4. The van der Waals surface area contributed by atoms with Crippen LogP contribution in [0.4, 0.5) is 0 Å². The molecule has 21 nitrogen and oxygen atoms in total. The smallest absolute Gasteiger partial charge is 0.748 e. The second-order valence-electron chi connectivity index (χ2n) is 19.5.